The molecule has 0 spiro atoms. The topological polar surface area (TPSA) is 85.3 Å². The molecule has 2 aliphatic rings. The van der Waals surface area contributed by atoms with Gasteiger partial charge in [-0.25, -0.2) is 4.98 Å². The number of hydrogen-bond donors (Lipinski definition) is 4. The number of aliphatic imine (C=N–C) groups is 1. The molecule has 0 aromatic carbocycles. The number of amidine groups is 1. The average Bonchev–Trinajstić information content (AvgIpc) is 3.29. The summed E-state index contributed by atoms with van der Waals surface area (Å²) in [7, 11) is 0. The lowest BCUT2D eigenvalue weighted by atomic mass is 9.70. The summed E-state index contributed by atoms with van der Waals surface area (Å²) in [5.74, 6) is 3.45. The third-order valence-corrected chi connectivity index (χ3v) is 6.58. The van der Waals surface area contributed by atoms with Crippen LogP contribution in [0.1, 0.15) is 84.7 Å². The first-order chi connectivity index (χ1) is 12.8. The zero-order valence-corrected chi connectivity index (χ0v) is 17.7. The lowest BCUT2D eigenvalue weighted by Gasteiger charge is -2.39. The van der Waals surface area contributed by atoms with Crippen LogP contribution in [0.3, 0.4) is 0 Å². The summed E-state index contributed by atoms with van der Waals surface area (Å²) in [6.45, 7) is 12.6. The van der Waals surface area contributed by atoms with Crippen molar-refractivity contribution in [2.24, 2.45) is 10.9 Å². The van der Waals surface area contributed by atoms with Crippen molar-refractivity contribution in [3.05, 3.63) is 11.5 Å². The smallest absolute Gasteiger partial charge is 0.155 e. The predicted molar refractivity (Wildman–Crippen MR) is 112 cm³/mol. The fourth-order valence-corrected chi connectivity index (χ4v) is 3.99. The highest BCUT2D eigenvalue weighted by Crippen LogP contribution is 2.42. The van der Waals surface area contributed by atoms with Crippen LogP contribution >= 0.6 is 0 Å². The predicted octanol–water partition coefficient (Wildman–Crippen LogP) is 3.58. The maximum atomic E-state index is 10.3. The summed E-state index contributed by atoms with van der Waals surface area (Å²) in [5.41, 5.74) is 0.417. The van der Waals surface area contributed by atoms with E-state index in [0.29, 0.717) is 12.0 Å². The second kappa shape index (κ2) is 7.82. The molecule has 4 N–H and O–H groups in total. The van der Waals surface area contributed by atoms with Crippen molar-refractivity contribution in [3.63, 3.8) is 0 Å². The highest BCUT2D eigenvalue weighted by atomic mass is 16.3. The van der Waals surface area contributed by atoms with Gasteiger partial charge in [0.1, 0.15) is 17.4 Å². The van der Waals surface area contributed by atoms with E-state index in [-0.39, 0.29) is 5.41 Å². The van der Waals surface area contributed by atoms with E-state index < -0.39 is 5.60 Å². The van der Waals surface area contributed by atoms with Crippen molar-refractivity contribution in [1.29, 1.82) is 0 Å². The van der Waals surface area contributed by atoms with Gasteiger partial charge in [-0.3, -0.25) is 4.99 Å². The Hall–Kier alpha value is -1.56. The zero-order chi connectivity index (χ0) is 19.7. The maximum absolute atomic E-state index is 10.3. The second-order valence-electron chi connectivity index (χ2n) is 9.12. The Morgan fingerprint density at radius 1 is 1.22 bits per heavy atom. The molecule has 1 aromatic rings. The number of nitrogens with one attached hydrogen (secondary N) is 3. The molecular formula is C21H37N5O. The number of imidazole rings is 1. The number of hydrogen-bond acceptors (Lipinski definition) is 5. The molecule has 152 valence electrons. The fraction of sp³-hybridized carbons (Fsp3) is 0.810. The van der Waals surface area contributed by atoms with E-state index in [1.165, 1.54) is 0 Å². The molecule has 0 radical (unpaired) electrons. The first kappa shape index (κ1) is 20.2. The van der Waals surface area contributed by atoms with Gasteiger partial charge in [-0.1, -0.05) is 34.1 Å². The number of nitrogens with zero attached hydrogens (tertiary/aromatic N) is 2. The Balaban J connectivity index is 1.84. The minimum atomic E-state index is -0.543. The van der Waals surface area contributed by atoms with Crippen molar-refractivity contribution in [2.45, 2.75) is 90.2 Å². The summed E-state index contributed by atoms with van der Waals surface area (Å²) in [5, 5.41) is 17.4. The molecule has 1 saturated carbocycles. The summed E-state index contributed by atoms with van der Waals surface area (Å²) in [6.07, 6.45) is 5.70. The van der Waals surface area contributed by atoms with Gasteiger partial charge in [0.05, 0.1) is 12.1 Å². The van der Waals surface area contributed by atoms with E-state index in [9.17, 15) is 5.11 Å². The molecule has 0 saturated heterocycles. The lowest BCUT2D eigenvalue weighted by molar-refractivity contribution is 0.00179. The molecule has 2 atom stereocenters. The molecule has 1 unspecified atom stereocenters. The van der Waals surface area contributed by atoms with Gasteiger partial charge in [-0.05, 0) is 44.9 Å². The molecule has 3 rings (SSSR count). The van der Waals surface area contributed by atoms with Gasteiger partial charge in [0.2, 0.25) is 0 Å². The summed E-state index contributed by atoms with van der Waals surface area (Å²) in [4.78, 5) is 13.3. The Morgan fingerprint density at radius 2 is 1.93 bits per heavy atom. The molecule has 1 aliphatic carbocycles. The molecule has 1 aromatic heterocycles. The fourth-order valence-electron chi connectivity index (χ4n) is 3.99. The number of aromatic nitrogens is 2. The van der Waals surface area contributed by atoms with Crippen LogP contribution in [-0.2, 0) is 5.41 Å². The number of aliphatic hydroxyl groups is 1. The average molecular weight is 376 g/mol. The highest BCUT2D eigenvalue weighted by Gasteiger charge is 2.40. The van der Waals surface area contributed by atoms with Gasteiger partial charge in [0.15, 0.2) is 5.82 Å². The molecule has 0 bridgehead atoms. The van der Waals surface area contributed by atoms with Crippen LogP contribution in [0.5, 0.6) is 0 Å². The second-order valence-corrected chi connectivity index (χ2v) is 9.12. The Labute approximate surface area is 163 Å². The molecule has 6 nitrogen and oxygen atoms in total. The van der Waals surface area contributed by atoms with Crippen molar-refractivity contribution in [1.82, 2.24) is 15.3 Å². The molecule has 2 heterocycles. The van der Waals surface area contributed by atoms with E-state index in [1.54, 1.807) is 0 Å². The quantitative estimate of drug-likeness (QED) is 0.587. The molecule has 27 heavy (non-hydrogen) atoms. The molecule has 1 aliphatic heterocycles. The van der Waals surface area contributed by atoms with Crippen LogP contribution in [0.15, 0.2) is 4.99 Å². The molecule has 1 fully saturated rings. The first-order valence-corrected chi connectivity index (χ1v) is 10.7. The van der Waals surface area contributed by atoms with Crippen molar-refractivity contribution in [2.75, 3.05) is 18.4 Å². The number of rotatable bonds is 7. The zero-order valence-electron chi connectivity index (χ0n) is 17.7. The third kappa shape index (κ3) is 4.31. The Kier molecular flexibility index (Phi) is 5.84. The maximum Gasteiger partial charge on any atom is 0.155 e. The van der Waals surface area contributed by atoms with Gasteiger partial charge in [0, 0.05) is 18.0 Å². The summed E-state index contributed by atoms with van der Waals surface area (Å²) >= 11 is 0. The number of H-pyrrole nitrogens is 1. The van der Waals surface area contributed by atoms with Gasteiger partial charge in [-0.15, -0.1) is 0 Å². The van der Waals surface area contributed by atoms with E-state index in [4.69, 9.17) is 9.98 Å². The Bertz CT molecular complexity index is 668. The molecule has 6 heteroatoms. The number of aromatic amines is 1. The van der Waals surface area contributed by atoms with E-state index in [2.05, 4.69) is 43.3 Å². The first-order valence-electron chi connectivity index (χ1n) is 10.7. The van der Waals surface area contributed by atoms with Crippen molar-refractivity contribution >= 4 is 11.7 Å². The van der Waals surface area contributed by atoms with Crippen LogP contribution in [0, 0.1) is 5.92 Å². The van der Waals surface area contributed by atoms with E-state index in [0.717, 1.165) is 74.8 Å². The van der Waals surface area contributed by atoms with E-state index >= 15 is 0 Å². The third-order valence-electron chi connectivity index (χ3n) is 6.58. The molecular weight excluding hydrogens is 338 g/mol. The van der Waals surface area contributed by atoms with E-state index in [1.807, 2.05) is 6.92 Å². The minimum absolute atomic E-state index is 0.0294. The SMILES string of the molecule is CCCNc1nc(C2(C)CCC(C)(O)CC2)[nH]c1C1=NC[C@@H](C(C)CC)N1. The Morgan fingerprint density at radius 3 is 2.56 bits per heavy atom. The highest BCUT2D eigenvalue weighted by molar-refractivity contribution is 6.02. The van der Waals surface area contributed by atoms with Gasteiger partial charge in [-0.2, -0.15) is 0 Å². The van der Waals surface area contributed by atoms with Gasteiger partial charge < -0.3 is 20.7 Å². The standard InChI is InChI=1S/C21H37N5O/c1-6-12-22-17-16(18-23-13-15(24-18)14(3)7-2)25-19(26-17)20(4)8-10-21(5,27)11-9-20/h14-15,22,27H,6-13H2,1-5H3,(H,23,24)(H,25,26)/t14?,15-,20?,21?/m0/s1. The van der Waals surface area contributed by atoms with Crippen LogP contribution in [0.2, 0.25) is 0 Å². The lowest BCUT2D eigenvalue weighted by Crippen LogP contribution is -2.38. The summed E-state index contributed by atoms with van der Waals surface area (Å²) < 4.78 is 0. The van der Waals surface area contributed by atoms with Gasteiger partial charge >= 0.3 is 0 Å². The normalized spacial score (nSPS) is 32.1. The largest absolute Gasteiger partial charge is 0.390 e. The van der Waals surface area contributed by atoms with Crippen LogP contribution in [-0.4, -0.2) is 45.6 Å². The monoisotopic (exact) mass is 375 g/mol. The van der Waals surface area contributed by atoms with Crippen molar-refractivity contribution in [3.8, 4) is 0 Å². The molecule has 0 amide bonds. The number of anilines is 1. The summed E-state index contributed by atoms with van der Waals surface area (Å²) in [6, 6.07) is 0.399. The van der Waals surface area contributed by atoms with Gasteiger partial charge in [0.25, 0.3) is 0 Å². The minimum Gasteiger partial charge on any atom is -0.390 e. The van der Waals surface area contributed by atoms with Crippen LogP contribution in [0.4, 0.5) is 5.82 Å². The van der Waals surface area contributed by atoms with Crippen LogP contribution < -0.4 is 10.6 Å². The van der Waals surface area contributed by atoms with Crippen LogP contribution in [0.25, 0.3) is 0 Å². The van der Waals surface area contributed by atoms with Crippen molar-refractivity contribution < 1.29 is 5.11 Å².